The summed E-state index contributed by atoms with van der Waals surface area (Å²) < 4.78 is 5.57. The Kier molecular flexibility index (Phi) is 6.67. The summed E-state index contributed by atoms with van der Waals surface area (Å²) in [5.41, 5.74) is 0.674. The monoisotopic (exact) mass is 380 g/mol. The minimum atomic E-state index is -0.772. The van der Waals surface area contributed by atoms with Gasteiger partial charge in [0.15, 0.2) is 6.10 Å². The second-order valence-electron chi connectivity index (χ2n) is 5.44. The first-order valence-electron chi connectivity index (χ1n) is 7.58. The van der Waals surface area contributed by atoms with E-state index in [0.717, 1.165) is 0 Å². The van der Waals surface area contributed by atoms with Crippen LogP contribution in [0.25, 0.3) is 0 Å². The minimum Gasteiger partial charge on any atom is -0.481 e. The van der Waals surface area contributed by atoms with Crippen LogP contribution in [0, 0.1) is 0 Å². The van der Waals surface area contributed by atoms with Crippen LogP contribution in [0.15, 0.2) is 48.5 Å². The van der Waals surface area contributed by atoms with E-state index in [9.17, 15) is 9.59 Å². The van der Waals surface area contributed by atoms with Gasteiger partial charge in [-0.3, -0.25) is 9.59 Å². The number of anilines is 1. The highest BCUT2D eigenvalue weighted by Gasteiger charge is 2.21. The molecule has 2 aromatic rings. The summed E-state index contributed by atoms with van der Waals surface area (Å²) in [7, 11) is 1.54. The van der Waals surface area contributed by atoms with Gasteiger partial charge in [0.2, 0.25) is 5.91 Å². The average molecular weight is 381 g/mol. The molecule has 5 nitrogen and oxygen atoms in total. The molecule has 0 bridgehead atoms. The molecular weight excluding hydrogens is 363 g/mol. The zero-order chi connectivity index (χ0) is 18.4. The SMILES string of the molecule is CC(Oc1ccc(Cl)c(Cl)c1)C(=O)N(C)CC(=O)Nc1ccccc1. The second kappa shape index (κ2) is 8.74. The number of nitrogens with zero attached hydrogens (tertiary/aromatic N) is 1. The standard InChI is InChI=1S/C18H18Cl2N2O3/c1-12(25-14-8-9-15(19)16(20)10-14)18(24)22(2)11-17(23)21-13-6-4-3-5-7-13/h3-10,12H,11H2,1-2H3,(H,21,23). The van der Waals surface area contributed by atoms with Crippen LogP contribution >= 0.6 is 23.2 Å². The highest BCUT2D eigenvalue weighted by Crippen LogP contribution is 2.27. The van der Waals surface area contributed by atoms with Gasteiger partial charge in [-0.1, -0.05) is 41.4 Å². The number of carbonyl (C=O) groups is 2. The van der Waals surface area contributed by atoms with E-state index in [4.69, 9.17) is 27.9 Å². The van der Waals surface area contributed by atoms with E-state index >= 15 is 0 Å². The molecule has 0 aliphatic heterocycles. The smallest absolute Gasteiger partial charge is 0.263 e. The molecule has 0 saturated heterocycles. The Bertz CT molecular complexity index is 753. The van der Waals surface area contributed by atoms with Crippen LogP contribution in [0.5, 0.6) is 5.75 Å². The molecule has 0 heterocycles. The first-order valence-corrected chi connectivity index (χ1v) is 8.34. The number of para-hydroxylation sites is 1. The number of amides is 2. The van der Waals surface area contributed by atoms with E-state index in [1.807, 2.05) is 18.2 Å². The van der Waals surface area contributed by atoms with Gasteiger partial charge in [-0.15, -0.1) is 0 Å². The summed E-state index contributed by atoms with van der Waals surface area (Å²) in [6.45, 7) is 1.53. The first kappa shape index (κ1) is 19.1. The predicted octanol–water partition coefficient (Wildman–Crippen LogP) is 3.86. The number of hydrogen-bond donors (Lipinski definition) is 1. The summed E-state index contributed by atoms with van der Waals surface area (Å²) in [5, 5.41) is 3.47. The maximum absolute atomic E-state index is 12.3. The molecule has 1 unspecified atom stereocenters. The molecular formula is C18H18Cl2N2O3. The van der Waals surface area contributed by atoms with Crippen LogP contribution in [-0.2, 0) is 9.59 Å². The van der Waals surface area contributed by atoms with Crippen LogP contribution in [0.4, 0.5) is 5.69 Å². The van der Waals surface area contributed by atoms with Crippen molar-refractivity contribution in [2.45, 2.75) is 13.0 Å². The Balaban J connectivity index is 1.89. The summed E-state index contributed by atoms with van der Waals surface area (Å²) >= 11 is 11.8. The van der Waals surface area contributed by atoms with Gasteiger partial charge in [-0.25, -0.2) is 0 Å². The van der Waals surface area contributed by atoms with E-state index in [0.29, 0.717) is 21.5 Å². The second-order valence-corrected chi connectivity index (χ2v) is 6.26. The number of halogens is 2. The van der Waals surface area contributed by atoms with E-state index in [1.54, 1.807) is 38.2 Å². The Morgan fingerprint density at radius 1 is 1.12 bits per heavy atom. The van der Waals surface area contributed by atoms with Crippen molar-refractivity contribution < 1.29 is 14.3 Å². The van der Waals surface area contributed by atoms with E-state index < -0.39 is 6.10 Å². The van der Waals surface area contributed by atoms with Crippen LogP contribution in [-0.4, -0.2) is 36.4 Å². The molecule has 7 heteroatoms. The van der Waals surface area contributed by atoms with Crippen molar-refractivity contribution >= 4 is 40.7 Å². The highest BCUT2D eigenvalue weighted by atomic mass is 35.5. The third kappa shape index (κ3) is 5.66. The molecule has 2 aromatic carbocycles. The molecule has 0 aliphatic rings. The minimum absolute atomic E-state index is 0.0806. The fraction of sp³-hybridized carbons (Fsp3) is 0.222. The van der Waals surface area contributed by atoms with E-state index in [1.165, 1.54) is 11.0 Å². The van der Waals surface area contributed by atoms with Gasteiger partial charge in [-0.05, 0) is 31.2 Å². The zero-order valence-corrected chi connectivity index (χ0v) is 15.3. The largest absolute Gasteiger partial charge is 0.481 e. The molecule has 132 valence electrons. The lowest BCUT2D eigenvalue weighted by atomic mass is 10.3. The van der Waals surface area contributed by atoms with Crippen molar-refractivity contribution in [3.63, 3.8) is 0 Å². The van der Waals surface area contributed by atoms with Gasteiger partial charge in [-0.2, -0.15) is 0 Å². The summed E-state index contributed by atoms with van der Waals surface area (Å²) in [4.78, 5) is 25.7. The number of likely N-dealkylation sites (N-methyl/N-ethyl adjacent to an activating group) is 1. The van der Waals surface area contributed by atoms with Gasteiger partial charge >= 0.3 is 0 Å². The lowest BCUT2D eigenvalue weighted by Crippen LogP contribution is -2.41. The Morgan fingerprint density at radius 3 is 2.44 bits per heavy atom. The van der Waals surface area contributed by atoms with Crippen molar-refractivity contribution in [2.24, 2.45) is 0 Å². The molecule has 25 heavy (non-hydrogen) atoms. The quantitative estimate of drug-likeness (QED) is 0.827. The summed E-state index contributed by atoms with van der Waals surface area (Å²) in [6.07, 6.45) is -0.772. The van der Waals surface area contributed by atoms with Crippen molar-refractivity contribution in [2.75, 3.05) is 18.9 Å². The van der Waals surface area contributed by atoms with Crippen LogP contribution in [0.1, 0.15) is 6.92 Å². The number of ether oxygens (including phenoxy) is 1. The molecule has 0 radical (unpaired) electrons. The van der Waals surface area contributed by atoms with Gasteiger partial charge < -0.3 is 15.0 Å². The predicted molar refractivity (Wildman–Crippen MR) is 99.3 cm³/mol. The molecule has 0 saturated carbocycles. The van der Waals surface area contributed by atoms with E-state index in [-0.39, 0.29) is 18.4 Å². The first-order chi connectivity index (χ1) is 11.9. The molecule has 1 atom stereocenters. The van der Waals surface area contributed by atoms with E-state index in [2.05, 4.69) is 5.32 Å². The third-order valence-electron chi connectivity index (χ3n) is 3.37. The maximum Gasteiger partial charge on any atom is 0.263 e. The number of hydrogen-bond acceptors (Lipinski definition) is 3. The lowest BCUT2D eigenvalue weighted by molar-refractivity contribution is -0.139. The molecule has 1 N–H and O–H groups in total. The Morgan fingerprint density at radius 2 is 1.80 bits per heavy atom. The van der Waals surface area contributed by atoms with Gasteiger partial charge in [0.05, 0.1) is 16.6 Å². The zero-order valence-electron chi connectivity index (χ0n) is 13.8. The third-order valence-corrected chi connectivity index (χ3v) is 4.11. The topological polar surface area (TPSA) is 58.6 Å². The Hall–Kier alpha value is -2.24. The summed E-state index contributed by atoms with van der Waals surface area (Å²) in [5.74, 6) is -0.185. The van der Waals surface area contributed by atoms with Crippen molar-refractivity contribution in [1.82, 2.24) is 4.90 Å². The molecule has 0 aliphatic carbocycles. The van der Waals surface area contributed by atoms with Crippen molar-refractivity contribution in [3.05, 3.63) is 58.6 Å². The van der Waals surface area contributed by atoms with Gasteiger partial charge in [0.1, 0.15) is 5.75 Å². The number of carbonyl (C=O) groups excluding carboxylic acids is 2. The van der Waals surface area contributed by atoms with Crippen molar-refractivity contribution in [1.29, 1.82) is 0 Å². The molecule has 0 fully saturated rings. The molecule has 2 rings (SSSR count). The summed E-state index contributed by atoms with van der Waals surface area (Å²) in [6, 6.07) is 13.8. The lowest BCUT2D eigenvalue weighted by Gasteiger charge is -2.22. The number of benzene rings is 2. The molecule has 0 aromatic heterocycles. The molecule has 0 spiro atoms. The van der Waals surface area contributed by atoms with Crippen molar-refractivity contribution in [3.8, 4) is 5.75 Å². The van der Waals surface area contributed by atoms with Crippen LogP contribution in [0.3, 0.4) is 0 Å². The number of rotatable bonds is 6. The average Bonchev–Trinajstić information content (AvgIpc) is 2.58. The maximum atomic E-state index is 12.3. The normalized spacial score (nSPS) is 11.5. The Labute approximate surface area is 156 Å². The molecule has 2 amide bonds. The van der Waals surface area contributed by atoms with Crippen LogP contribution < -0.4 is 10.1 Å². The van der Waals surface area contributed by atoms with Crippen LogP contribution in [0.2, 0.25) is 10.0 Å². The van der Waals surface area contributed by atoms with Gasteiger partial charge in [0.25, 0.3) is 5.91 Å². The number of nitrogens with one attached hydrogen (secondary N) is 1. The fourth-order valence-electron chi connectivity index (χ4n) is 2.13. The highest BCUT2D eigenvalue weighted by molar-refractivity contribution is 6.42. The van der Waals surface area contributed by atoms with Gasteiger partial charge in [0, 0.05) is 18.8 Å². The fourth-order valence-corrected chi connectivity index (χ4v) is 2.42.